The number of anilines is 2. The highest BCUT2D eigenvalue weighted by Crippen LogP contribution is 2.36. The zero-order valence-corrected chi connectivity index (χ0v) is 47.6. The third kappa shape index (κ3) is 17.7. The number of rotatable bonds is 19. The summed E-state index contributed by atoms with van der Waals surface area (Å²) in [4.78, 5) is 110. The summed E-state index contributed by atoms with van der Waals surface area (Å²) >= 11 is 0. The molecule has 8 rings (SSSR count). The van der Waals surface area contributed by atoms with Crippen molar-refractivity contribution in [3.8, 4) is 0 Å². The van der Waals surface area contributed by atoms with E-state index in [-0.39, 0.29) is 66.3 Å². The second-order valence-corrected chi connectivity index (χ2v) is 21.8. The molecule has 0 saturated carbocycles. The summed E-state index contributed by atoms with van der Waals surface area (Å²) in [5.41, 5.74) is 11.4. The van der Waals surface area contributed by atoms with Crippen LogP contribution < -0.4 is 47.4 Å². The highest BCUT2D eigenvalue weighted by Gasteiger charge is 2.43. The SMILES string of the molecule is CC(C)(C)OC(=O)NCc1ccc(C(=O)NCC(=O)O)cc1.CCC(=O)NC[C@H]1CN(c2ccc(C3(C)CN(C(=O)CNC(=O)c4ccc(CN)cc4)C3)cc2)C(=O)O1.CCC(=O)NC[C@H]1CN(c2ccc(C3(C)CNC3)cc2)C(=O)O1. The molecule has 23 nitrogen and oxygen atoms in total. The van der Waals surface area contributed by atoms with Crippen LogP contribution in [0.2, 0.25) is 0 Å². The van der Waals surface area contributed by atoms with E-state index in [1.54, 1.807) is 97.8 Å². The Hall–Kier alpha value is -8.57. The lowest BCUT2D eigenvalue weighted by molar-refractivity contribution is -0.137. The van der Waals surface area contributed by atoms with Gasteiger partial charge in [-0.3, -0.25) is 38.6 Å². The molecule has 4 aliphatic heterocycles. The summed E-state index contributed by atoms with van der Waals surface area (Å²) in [5, 5.41) is 24.8. The second-order valence-electron chi connectivity index (χ2n) is 21.8. The predicted octanol–water partition coefficient (Wildman–Crippen LogP) is 4.45. The number of carboxylic acids is 1. The summed E-state index contributed by atoms with van der Waals surface area (Å²) in [7, 11) is 0. The number of carbonyl (C=O) groups excluding carboxylic acids is 8. The fourth-order valence-corrected chi connectivity index (χ4v) is 9.01. The molecule has 0 aliphatic carbocycles. The molecule has 2 atom stereocenters. The van der Waals surface area contributed by atoms with Gasteiger partial charge in [0.25, 0.3) is 11.8 Å². The van der Waals surface area contributed by atoms with Gasteiger partial charge in [-0.05, 0) is 91.6 Å². The fourth-order valence-electron chi connectivity index (χ4n) is 9.01. The van der Waals surface area contributed by atoms with E-state index < -0.39 is 42.3 Å². The van der Waals surface area contributed by atoms with E-state index in [0.717, 1.165) is 41.2 Å². The lowest BCUT2D eigenvalue weighted by Crippen LogP contribution is -2.61. The van der Waals surface area contributed by atoms with Crippen LogP contribution in [0.4, 0.5) is 25.8 Å². The van der Waals surface area contributed by atoms with Crippen LogP contribution >= 0.6 is 0 Å². The molecule has 440 valence electrons. The number of nitrogens with zero attached hydrogens (tertiary/aromatic N) is 3. The van der Waals surface area contributed by atoms with Gasteiger partial charge in [0, 0.05) is 85.4 Å². The fraction of sp³-hybridized carbons (Fsp3) is 0.441. The van der Waals surface area contributed by atoms with Crippen LogP contribution in [0, 0.1) is 0 Å². The number of nitrogens with one attached hydrogen (secondary N) is 6. The van der Waals surface area contributed by atoms with E-state index in [1.165, 1.54) is 5.56 Å². The number of carboxylic acid groups (broad SMARTS) is 1. The molecule has 4 heterocycles. The lowest BCUT2D eigenvalue weighted by Gasteiger charge is -2.48. The quantitative estimate of drug-likeness (QED) is 0.0602. The van der Waals surface area contributed by atoms with Gasteiger partial charge in [-0.2, -0.15) is 0 Å². The monoisotopic (exact) mass is 1130 g/mol. The Morgan fingerprint density at radius 3 is 1.48 bits per heavy atom. The number of hydrogen-bond donors (Lipinski definition) is 8. The molecule has 9 N–H and O–H groups in total. The molecule has 8 amide bonds. The highest BCUT2D eigenvalue weighted by molar-refractivity contribution is 5.97. The molecular weight excluding hydrogens is 1060 g/mol. The van der Waals surface area contributed by atoms with Crippen molar-refractivity contribution in [1.29, 1.82) is 0 Å². The molecule has 4 fully saturated rings. The Bertz CT molecular complexity index is 2900. The van der Waals surface area contributed by atoms with Crippen LogP contribution in [0.5, 0.6) is 0 Å². The first-order valence-electron chi connectivity index (χ1n) is 27.2. The summed E-state index contributed by atoms with van der Waals surface area (Å²) in [6.45, 7) is 17.9. The normalized spacial score (nSPS) is 17.3. The van der Waals surface area contributed by atoms with Gasteiger partial charge in [0.2, 0.25) is 17.7 Å². The number of ether oxygens (including phenoxy) is 3. The summed E-state index contributed by atoms with van der Waals surface area (Å²) in [6, 6.07) is 29.2. The van der Waals surface area contributed by atoms with Crippen LogP contribution in [-0.2, 0) is 57.3 Å². The van der Waals surface area contributed by atoms with Crippen molar-refractivity contribution >= 4 is 65.2 Å². The first-order valence-corrected chi connectivity index (χ1v) is 27.2. The van der Waals surface area contributed by atoms with Gasteiger partial charge in [0.1, 0.15) is 24.4 Å². The van der Waals surface area contributed by atoms with Crippen molar-refractivity contribution in [2.75, 3.05) is 75.2 Å². The third-order valence-corrected chi connectivity index (χ3v) is 14.0. The molecule has 4 aromatic rings. The maximum Gasteiger partial charge on any atom is 0.414 e. The Morgan fingerprint density at radius 2 is 1.07 bits per heavy atom. The predicted molar refractivity (Wildman–Crippen MR) is 305 cm³/mol. The third-order valence-electron chi connectivity index (χ3n) is 14.0. The molecule has 4 aliphatic rings. The minimum Gasteiger partial charge on any atom is -0.480 e. The number of benzene rings is 4. The minimum atomic E-state index is -1.11. The molecule has 23 heteroatoms. The van der Waals surface area contributed by atoms with Crippen LogP contribution in [0.25, 0.3) is 0 Å². The first-order chi connectivity index (χ1) is 38.9. The van der Waals surface area contributed by atoms with E-state index in [2.05, 4.69) is 57.9 Å². The van der Waals surface area contributed by atoms with Gasteiger partial charge in [-0.25, -0.2) is 14.4 Å². The number of likely N-dealkylation sites (tertiary alicyclic amines) is 1. The van der Waals surface area contributed by atoms with Gasteiger partial charge in [0.05, 0.1) is 32.7 Å². The summed E-state index contributed by atoms with van der Waals surface area (Å²) < 4.78 is 15.8. The summed E-state index contributed by atoms with van der Waals surface area (Å²) in [6.07, 6.45) is -1.19. The number of aliphatic carboxylic acids is 1. The Kier molecular flexibility index (Phi) is 21.6. The molecule has 0 unspecified atom stereocenters. The van der Waals surface area contributed by atoms with Crippen LogP contribution in [-0.4, -0.2) is 147 Å². The molecule has 4 saturated heterocycles. The van der Waals surface area contributed by atoms with E-state index >= 15 is 0 Å². The Labute approximate surface area is 477 Å². The molecule has 0 radical (unpaired) electrons. The number of nitrogens with two attached hydrogens (primary N) is 1. The van der Waals surface area contributed by atoms with Crippen molar-refractivity contribution in [3.63, 3.8) is 0 Å². The van der Waals surface area contributed by atoms with E-state index in [4.69, 9.17) is 25.1 Å². The standard InChI is InChI=1S/C27H33N5O5.C17H23N3O3.C15H20N2O5/c1-3-23(33)29-13-22-15-32(26(36)37-22)21-10-8-20(9-11-21)27(2)16-31(17-27)24(34)14-30-25(35)19-6-4-18(12-28)5-7-19;1-3-15(21)19-8-14-9-20(16(22)23-14)13-6-4-12(5-7-13)17(2)10-18-11-17;1-15(2,3)22-14(21)17-8-10-4-6-11(7-5-10)13(20)16-9-12(18)19/h4-11,22H,3,12-17,28H2,1-2H3,(H,29,33)(H,30,35);4-7,14,18H,3,8-11H2,1-2H3,(H,19,21);4-7H,8-9H2,1-3H3,(H,16,20)(H,17,21)(H,18,19)/t22-;14-;/m00./s1. The molecule has 0 spiro atoms. The van der Waals surface area contributed by atoms with Gasteiger partial charge in [-0.15, -0.1) is 0 Å². The Morgan fingerprint density at radius 1 is 0.634 bits per heavy atom. The Balaban J connectivity index is 0.000000209. The maximum absolute atomic E-state index is 12.6. The number of hydrogen-bond acceptors (Lipinski definition) is 14. The molecule has 82 heavy (non-hydrogen) atoms. The van der Waals surface area contributed by atoms with E-state index in [9.17, 15) is 43.2 Å². The van der Waals surface area contributed by atoms with Gasteiger partial charge in [-0.1, -0.05) is 76.2 Å². The topological polar surface area (TPSA) is 309 Å². The first kappa shape index (κ1) is 62.6. The average Bonchev–Trinajstić information content (AvgIpc) is 3.61. The molecule has 0 bridgehead atoms. The minimum absolute atomic E-state index is 0.0359. The highest BCUT2D eigenvalue weighted by atomic mass is 16.6. The van der Waals surface area contributed by atoms with Gasteiger partial charge in [0.15, 0.2) is 0 Å². The van der Waals surface area contributed by atoms with Gasteiger partial charge >= 0.3 is 24.2 Å². The van der Waals surface area contributed by atoms with Crippen LogP contribution in [0.15, 0.2) is 97.1 Å². The molecular formula is C59H76N10O13. The van der Waals surface area contributed by atoms with Crippen molar-refractivity contribution < 1.29 is 62.5 Å². The lowest BCUT2D eigenvalue weighted by atomic mass is 9.75. The van der Waals surface area contributed by atoms with Crippen LogP contribution in [0.3, 0.4) is 0 Å². The summed E-state index contributed by atoms with van der Waals surface area (Å²) in [5.74, 6) is -2.12. The van der Waals surface area contributed by atoms with Crippen molar-refractivity contribution in [1.82, 2.24) is 36.8 Å². The van der Waals surface area contributed by atoms with E-state index in [1.807, 2.05) is 36.4 Å². The second kappa shape index (κ2) is 28.2. The number of cyclic esters (lactones) is 2. The van der Waals surface area contributed by atoms with Crippen molar-refractivity contribution in [2.24, 2.45) is 5.73 Å². The molecule has 4 aromatic carbocycles. The smallest absolute Gasteiger partial charge is 0.414 e. The zero-order chi connectivity index (χ0) is 59.8. The largest absolute Gasteiger partial charge is 0.480 e. The number of amides is 8. The van der Waals surface area contributed by atoms with Crippen molar-refractivity contribution in [3.05, 3.63) is 130 Å². The number of carbonyl (C=O) groups is 9. The molecule has 0 aromatic heterocycles. The number of alkyl carbamates (subject to hydrolysis) is 1. The van der Waals surface area contributed by atoms with Gasteiger partial charge < -0.3 is 61.9 Å². The zero-order valence-electron chi connectivity index (χ0n) is 47.6. The van der Waals surface area contributed by atoms with Crippen molar-refractivity contribution in [2.45, 2.75) is 103 Å². The average molecular weight is 1130 g/mol. The van der Waals surface area contributed by atoms with E-state index in [0.29, 0.717) is 63.2 Å². The van der Waals surface area contributed by atoms with Crippen LogP contribution in [0.1, 0.15) is 104 Å². The maximum atomic E-state index is 12.6.